The van der Waals surface area contributed by atoms with Gasteiger partial charge in [0.1, 0.15) is 19.3 Å². The van der Waals surface area contributed by atoms with E-state index in [1.807, 2.05) is 103 Å². The van der Waals surface area contributed by atoms with E-state index in [0.717, 1.165) is 84.0 Å². The van der Waals surface area contributed by atoms with E-state index >= 15 is 0 Å². The minimum absolute atomic E-state index is 0.00731. The molecule has 0 aliphatic heterocycles. The molecule has 11 heteroatoms. The predicted octanol–water partition coefficient (Wildman–Crippen LogP) is 10.1. The molecule has 10 rings (SSSR count). The number of rotatable bonds is 18. The first-order valence-corrected chi connectivity index (χ1v) is 23.7. The van der Waals surface area contributed by atoms with Gasteiger partial charge in [-0.05, 0) is 121 Å². The molecule has 0 unspecified atom stereocenters. The van der Waals surface area contributed by atoms with E-state index < -0.39 is 29.8 Å². The number of carbonyl (C=O) groups excluding carboxylic acids is 5. The van der Waals surface area contributed by atoms with Gasteiger partial charge in [-0.15, -0.1) is 0 Å². The van der Waals surface area contributed by atoms with Crippen molar-refractivity contribution < 1.29 is 33.4 Å². The van der Waals surface area contributed by atoms with Crippen LogP contribution in [0, 0.1) is 23.2 Å². The molecule has 3 amide bonds. The molecule has 4 fully saturated rings. The van der Waals surface area contributed by atoms with Crippen molar-refractivity contribution in [3.63, 3.8) is 0 Å². The summed E-state index contributed by atoms with van der Waals surface area (Å²) >= 11 is 0. The Kier molecular flexibility index (Phi) is 13.6. The minimum Gasteiger partial charge on any atom is -0.457 e. The number of aryl methyl sites for hydroxylation is 1. The van der Waals surface area contributed by atoms with E-state index in [0.29, 0.717) is 6.54 Å². The second-order valence-electron chi connectivity index (χ2n) is 19.0. The van der Waals surface area contributed by atoms with E-state index in [1.54, 1.807) is 12.1 Å². The third-order valence-corrected chi connectivity index (χ3v) is 13.9. The quantitative estimate of drug-likeness (QED) is 0.0729. The first-order valence-electron chi connectivity index (χ1n) is 23.7. The summed E-state index contributed by atoms with van der Waals surface area (Å²) in [6, 6.07) is 36.4. The molecule has 3 N–H and O–H groups in total. The van der Waals surface area contributed by atoms with Gasteiger partial charge in [0.05, 0.1) is 22.3 Å². The Morgan fingerprint density at radius 2 is 1.19 bits per heavy atom. The lowest BCUT2D eigenvalue weighted by atomic mass is 9.49. The van der Waals surface area contributed by atoms with Crippen molar-refractivity contribution >= 4 is 46.3 Å². The van der Waals surface area contributed by atoms with Crippen molar-refractivity contribution in [3.8, 4) is 0 Å². The Hall–Kier alpha value is -7.01. The van der Waals surface area contributed by atoms with E-state index in [2.05, 4.69) is 27.4 Å². The van der Waals surface area contributed by atoms with Crippen molar-refractivity contribution in [2.75, 3.05) is 11.9 Å². The molecular formula is C56H58N4O7. The second-order valence-corrected chi connectivity index (χ2v) is 19.0. The van der Waals surface area contributed by atoms with Gasteiger partial charge in [0.2, 0.25) is 5.91 Å². The molecule has 11 nitrogen and oxygen atoms in total. The number of aromatic nitrogens is 1. The van der Waals surface area contributed by atoms with Gasteiger partial charge in [-0.3, -0.25) is 14.4 Å². The van der Waals surface area contributed by atoms with Crippen LogP contribution in [0.3, 0.4) is 0 Å². The Morgan fingerprint density at radius 1 is 0.657 bits per heavy atom. The Bertz CT molecular complexity index is 2640. The van der Waals surface area contributed by atoms with E-state index in [-0.39, 0.29) is 58.9 Å². The molecule has 0 radical (unpaired) electrons. The van der Waals surface area contributed by atoms with Crippen LogP contribution in [0.1, 0.15) is 116 Å². The summed E-state index contributed by atoms with van der Waals surface area (Å²) in [4.78, 5) is 70.9. The van der Waals surface area contributed by atoms with Gasteiger partial charge in [-0.1, -0.05) is 104 Å². The van der Waals surface area contributed by atoms with Crippen LogP contribution in [0.25, 0.3) is 10.9 Å². The number of esters is 2. The Labute approximate surface area is 391 Å². The van der Waals surface area contributed by atoms with Gasteiger partial charge in [0, 0.05) is 42.3 Å². The number of benzene rings is 5. The molecule has 4 bridgehead atoms. The van der Waals surface area contributed by atoms with Crippen LogP contribution in [-0.4, -0.2) is 46.8 Å². The van der Waals surface area contributed by atoms with E-state index in [4.69, 9.17) is 9.47 Å². The van der Waals surface area contributed by atoms with Crippen molar-refractivity contribution in [1.82, 2.24) is 15.2 Å². The summed E-state index contributed by atoms with van der Waals surface area (Å²) in [6.45, 7) is 3.43. The molecule has 0 saturated heterocycles. The van der Waals surface area contributed by atoms with Crippen LogP contribution < -0.4 is 16.0 Å². The third kappa shape index (κ3) is 10.8. The van der Waals surface area contributed by atoms with Crippen molar-refractivity contribution in [1.29, 1.82) is 0 Å². The van der Waals surface area contributed by atoms with Gasteiger partial charge < -0.3 is 30.0 Å². The Morgan fingerprint density at radius 3 is 1.75 bits per heavy atom. The molecule has 67 heavy (non-hydrogen) atoms. The van der Waals surface area contributed by atoms with Gasteiger partial charge in [-0.25, -0.2) is 9.59 Å². The highest BCUT2D eigenvalue weighted by atomic mass is 16.5. The zero-order valence-electron chi connectivity index (χ0n) is 38.0. The predicted molar refractivity (Wildman–Crippen MR) is 257 cm³/mol. The number of nitrogens with one attached hydrogen (secondary N) is 3. The van der Waals surface area contributed by atoms with Crippen molar-refractivity contribution in [3.05, 3.63) is 173 Å². The monoisotopic (exact) mass is 898 g/mol. The van der Waals surface area contributed by atoms with Crippen LogP contribution >= 0.6 is 0 Å². The third-order valence-electron chi connectivity index (χ3n) is 13.9. The maximum atomic E-state index is 14.8. The fraction of sp³-hybridized carbons (Fsp3) is 0.339. The molecule has 4 saturated carbocycles. The minimum atomic E-state index is -1.15. The fourth-order valence-corrected chi connectivity index (χ4v) is 11.1. The number of anilines is 1. The summed E-state index contributed by atoms with van der Waals surface area (Å²) in [5, 5.41) is 10.0. The second kappa shape index (κ2) is 20.2. The smallest absolute Gasteiger partial charge is 0.338 e. The maximum absolute atomic E-state index is 14.8. The molecule has 4 aliphatic rings. The maximum Gasteiger partial charge on any atom is 0.338 e. The van der Waals surface area contributed by atoms with Crippen LogP contribution in [0.2, 0.25) is 0 Å². The molecule has 4 aliphatic carbocycles. The molecule has 6 aromatic rings. The summed E-state index contributed by atoms with van der Waals surface area (Å²) < 4.78 is 13.4. The zero-order valence-corrected chi connectivity index (χ0v) is 38.0. The number of carbonyl (C=O) groups is 5. The van der Waals surface area contributed by atoms with Crippen LogP contribution in [0.5, 0.6) is 0 Å². The molecule has 1 atom stereocenters. The SMILES string of the molecule is CCCCn1ccc2cc(C(=O)NCC34CC5CC(CC(C5)C3)C4)c(C(=O)N[C@@H](Cc3ccccc3)C(=O)Nc3cc(C(=O)OCc4ccccc4)cc(C(=O)OCc4ccccc4)c3)cc21. The lowest BCUT2D eigenvalue weighted by Gasteiger charge is -2.56. The number of amides is 3. The topological polar surface area (TPSA) is 145 Å². The number of hydrogen-bond donors (Lipinski definition) is 3. The molecule has 1 aromatic heterocycles. The first-order chi connectivity index (χ1) is 32.6. The Balaban J connectivity index is 0.998. The van der Waals surface area contributed by atoms with Gasteiger partial charge in [0.15, 0.2) is 0 Å². The van der Waals surface area contributed by atoms with E-state index in [9.17, 15) is 24.0 Å². The average Bonchev–Trinajstić information content (AvgIpc) is 3.74. The zero-order chi connectivity index (χ0) is 46.3. The largest absolute Gasteiger partial charge is 0.457 e. The lowest BCUT2D eigenvalue weighted by molar-refractivity contribution is -0.118. The molecule has 1 heterocycles. The van der Waals surface area contributed by atoms with Crippen LogP contribution in [0.15, 0.2) is 134 Å². The summed E-state index contributed by atoms with van der Waals surface area (Å²) in [7, 11) is 0. The van der Waals surface area contributed by atoms with Gasteiger partial charge in [-0.2, -0.15) is 0 Å². The fourth-order valence-electron chi connectivity index (χ4n) is 11.1. The number of hydrogen-bond acceptors (Lipinski definition) is 7. The van der Waals surface area contributed by atoms with Gasteiger partial charge in [0.25, 0.3) is 11.8 Å². The van der Waals surface area contributed by atoms with Crippen molar-refractivity contribution in [2.24, 2.45) is 23.2 Å². The summed E-state index contributed by atoms with van der Waals surface area (Å²) in [5.41, 5.74) is 3.84. The summed E-state index contributed by atoms with van der Waals surface area (Å²) in [5.74, 6) is -0.720. The van der Waals surface area contributed by atoms with Crippen LogP contribution in [0.4, 0.5) is 5.69 Å². The highest BCUT2D eigenvalue weighted by Crippen LogP contribution is 2.59. The number of fused-ring (bicyclic) bond motifs is 1. The average molecular weight is 899 g/mol. The normalized spacial score (nSPS) is 19.6. The first kappa shape index (κ1) is 45.2. The van der Waals surface area contributed by atoms with Crippen molar-refractivity contribution in [2.45, 2.75) is 90.5 Å². The van der Waals surface area contributed by atoms with Crippen LogP contribution in [-0.2, 0) is 40.4 Å². The standard InChI is InChI=1S/C56H58N4O7/c1-2-3-20-60-21-19-43-29-47(51(61)57-36-56-31-40-22-41(32-56)24-42(23-40)33-56)48(30-50(43)60)52(62)59-49(25-37-13-7-4-8-14-37)53(63)58-46-27-44(54(64)66-34-38-15-9-5-10-16-38)26-45(28-46)55(65)67-35-39-17-11-6-12-18-39/h4-19,21,26-30,40-42,49H,2-3,20,22-25,31-36H2,1H3,(H,57,61)(H,58,63)(H,59,62)/t40?,41?,42?,49-,56?/m0/s1. The molecular weight excluding hydrogens is 841 g/mol. The lowest BCUT2D eigenvalue weighted by Crippen LogP contribution is -2.51. The van der Waals surface area contributed by atoms with Gasteiger partial charge >= 0.3 is 11.9 Å². The van der Waals surface area contributed by atoms with E-state index in [1.165, 1.54) is 37.5 Å². The number of ether oxygens (including phenoxy) is 2. The summed E-state index contributed by atoms with van der Waals surface area (Å²) in [6.07, 6.45) is 11.3. The molecule has 5 aromatic carbocycles. The highest BCUT2D eigenvalue weighted by molar-refractivity contribution is 6.12. The highest BCUT2D eigenvalue weighted by Gasteiger charge is 2.50. The molecule has 344 valence electrons. The molecule has 0 spiro atoms. The number of nitrogens with zero attached hydrogens (tertiary/aromatic N) is 1. The number of unbranched alkanes of at least 4 members (excludes halogenated alkanes) is 1.